The van der Waals surface area contributed by atoms with Crippen LogP contribution in [0.5, 0.6) is 5.88 Å². The number of hydrogen-bond donors (Lipinski definition) is 1. The first kappa shape index (κ1) is 26.6. The van der Waals surface area contributed by atoms with Crippen molar-refractivity contribution in [2.24, 2.45) is 0 Å². The Morgan fingerprint density at radius 3 is 2.44 bits per heavy atom. The monoisotopic (exact) mass is 575 g/mol. The fourth-order valence-corrected chi connectivity index (χ4v) is 5.84. The van der Waals surface area contributed by atoms with Crippen molar-refractivity contribution < 1.29 is 9.84 Å². The van der Waals surface area contributed by atoms with E-state index in [1.54, 1.807) is 13.2 Å². The number of ether oxygens (including phenoxy) is 1. The summed E-state index contributed by atoms with van der Waals surface area (Å²) in [5.74, 6) is -0.0866. The molecule has 0 aliphatic carbocycles. The molecule has 0 radical (unpaired) electrons. The predicted molar refractivity (Wildman–Crippen MR) is 165 cm³/mol. The molecule has 4 heteroatoms. The predicted octanol–water partition coefficient (Wildman–Crippen LogP) is 8.87. The largest absolute Gasteiger partial charge is 0.481 e. The molecule has 0 aliphatic heterocycles. The number of aromatic nitrogens is 1. The minimum atomic E-state index is -1.49. The second kappa shape index (κ2) is 11.4. The highest BCUT2D eigenvalue weighted by Gasteiger charge is 2.45. The number of fused-ring (bicyclic) bond motifs is 2. The SMILES string of the molecule is C=C/C=C\C(=C/C)C(O)(c1cccc2ccccc12)C(c1ccccc1)c1cc2cc(Br)ccc2nc1OC. The first-order chi connectivity index (χ1) is 19.0. The summed E-state index contributed by atoms with van der Waals surface area (Å²) in [5.41, 5.74) is 2.59. The summed E-state index contributed by atoms with van der Waals surface area (Å²) in [6, 6.07) is 32.4. The summed E-state index contributed by atoms with van der Waals surface area (Å²) >= 11 is 3.60. The van der Waals surface area contributed by atoms with E-state index < -0.39 is 11.5 Å². The molecule has 0 saturated heterocycles. The lowest BCUT2D eigenvalue weighted by atomic mass is 9.68. The summed E-state index contributed by atoms with van der Waals surface area (Å²) in [7, 11) is 1.63. The Bertz CT molecular complexity index is 1700. The summed E-state index contributed by atoms with van der Waals surface area (Å²) in [5, 5.41) is 16.3. The number of benzene rings is 4. The van der Waals surface area contributed by atoms with Gasteiger partial charge in [0, 0.05) is 15.4 Å². The van der Waals surface area contributed by atoms with Crippen LogP contribution >= 0.6 is 15.9 Å². The maximum Gasteiger partial charge on any atom is 0.217 e. The number of nitrogens with zero attached hydrogens (tertiary/aromatic N) is 1. The van der Waals surface area contributed by atoms with E-state index in [0.29, 0.717) is 5.88 Å². The summed E-state index contributed by atoms with van der Waals surface area (Å²) in [4.78, 5) is 4.89. The zero-order chi connectivity index (χ0) is 27.4. The van der Waals surface area contributed by atoms with E-state index in [-0.39, 0.29) is 0 Å². The molecule has 2 unspecified atom stereocenters. The lowest BCUT2D eigenvalue weighted by Gasteiger charge is -2.40. The van der Waals surface area contributed by atoms with Crippen molar-refractivity contribution in [2.75, 3.05) is 7.11 Å². The lowest BCUT2D eigenvalue weighted by Crippen LogP contribution is -2.36. The Hall–Kier alpha value is -3.99. The van der Waals surface area contributed by atoms with E-state index in [1.165, 1.54) is 0 Å². The molecule has 0 bridgehead atoms. The number of methoxy groups -OCH3 is 1. The molecule has 3 nitrogen and oxygen atoms in total. The van der Waals surface area contributed by atoms with Crippen LogP contribution in [0.3, 0.4) is 0 Å². The summed E-state index contributed by atoms with van der Waals surface area (Å²) in [6.07, 6.45) is 7.48. The zero-order valence-corrected chi connectivity index (χ0v) is 23.6. The molecule has 0 saturated carbocycles. The van der Waals surface area contributed by atoms with Gasteiger partial charge in [-0.25, -0.2) is 4.98 Å². The van der Waals surface area contributed by atoms with Gasteiger partial charge in [-0.05, 0) is 58.7 Å². The van der Waals surface area contributed by atoms with Crippen molar-refractivity contribution in [1.29, 1.82) is 0 Å². The summed E-state index contributed by atoms with van der Waals surface area (Å²) in [6.45, 7) is 5.82. The second-order valence-corrected chi connectivity index (χ2v) is 10.3. The average molecular weight is 577 g/mol. The third-order valence-corrected chi connectivity index (χ3v) is 7.68. The van der Waals surface area contributed by atoms with Crippen LogP contribution in [0.15, 0.2) is 138 Å². The molecule has 1 aromatic heterocycles. The molecule has 0 fully saturated rings. The smallest absolute Gasteiger partial charge is 0.217 e. The fourth-order valence-electron chi connectivity index (χ4n) is 5.46. The van der Waals surface area contributed by atoms with Gasteiger partial charge in [0.2, 0.25) is 5.88 Å². The number of allylic oxidation sites excluding steroid dienone is 3. The minimum absolute atomic E-state index is 0.473. The third-order valence-electron chi connectivity index (χ3n) is 7.19. The molecule has 0 amide bonds. The summed E-state index contributed by atoms with van der Waals surface area (Å²) < 4.78 is 6.87. The highest BCUT2D eigenvalue weighted by Crippen LogP contribution is 2.51. The topological polar surface area (TPSA) is 42.4 Å². The number of pyridine rings is 1. The van der Waals surface area contributed by atoms with Crippen LogP contribution in [-0.4, -0.2) is 17.2 Å². The van der Waals surface area contributed by atoms with E-state index in [2.05, 4.69) is 58.9 Å². The van der Waals surface area contributed by atoms with Gasteiger partial charge in [-0.2, -0.15) is 0 Å². The molecule has 39 heavy (non-hydrogen) atoms. The number of hydrogen-bond acceptors (Lipinski definition) is 3. The molecule has 0 spiro atoms. The Balaban J connectivity index is 1.93. The van der Waals surface area contributed by atoms with Gasteiger partial charge >= 0.3 is 0 Å². The van der Waals surface area contributed by atoms with E-state index in [9.17, 15) is 5.11 Å². The number of halogens is 1. The molecule has 0 aliphatic rings. The molecule has 1 heterocycles. The molecule has 194 valence electrons. The maximum atomic E-state index is 13.3. The molecular weight excluding hydrogens is 546 g/mol. The van der Waals surface area contributed by atoms with Crippen molar-refractivity contribution in [1.82, 2.24) is 4.98 Å². The Morgan fingerprint density at radius 1 is 0.949 bits per heavy atom. The van der Waals surface area contributed by atoms with Gasteiger partial charge in [-0.1, -0.05) is 120 Å². The minimum Gasteiger partial charge on any atom is -0.481 e. The first-order valence-electron chi connectivity index (χ1n) is 12.9. The van der Waals surface area contributed by atoms with Gasteiger partial charge in [0.05, 0.1) is 18.5 Å². The highest BCUT2D eigenvalue weighted by atomic mass is 79.9. The molecule has 4 aromatic carbocycles. The van der Waals surface area contributed by atoms with Crippen LogP contribution in [0.2, 0.25) is 0 Å². The molecule has 2 atom stereocenters. The second-order valence-electron chi connectivity index (χ2n) is 9.40. The van der Waals surface area contributed by atoms with E-state index in [0.717, 1.165) is 48.4 Å². The van der Waals surface area contributed by atoms with Crippen molar-refractivity contribution in [2.45, 2.75) is 18.4 Å². The van der Waals surface area contributed by atoms with Gasteiger partial charge in [-0.15, -0.1) is 0 Å². The molecular formula is C35H30BrNO2. The highest BCUT2D eigenvalue weighted by molar-refractivity contribution is 9.10. The fraction of sp³-hybridized carbons (Fsp3) is 0.114. The van der Waals surface area contributed by atoms with Crippen molar-refractivity contribution in [3.05, 3.63) is 155 Å². The zero-order valence-electron chi connectivity index (χ0n) is 22.0. The van der Waals surface area contributed by atoms with E-state index >= 15 is 0 Å². The lowest BCUT2D eigenvalue weighted by molar-refractivity contribution is 0.0621. The Kier molecular flexibility index (Phi) is 7.78. The average Bonchev–Trinajstić information content (AvgIpc) is 2.97. The van der Waals surface area contributed by atoms with Crippen molar-refractivity contribution in [3.8, 4) is 5.88 Å². The number of aliphatic hydroxyl groups is 1. The van der Waals surface area contributed by atoms with Gasteiger partial charge in [0.15, 0.2) is 0 Å². The van der Waals surface area contributed by atoms with Crippen LogP contribution in [0.1, 0.15) is 29.5 Å². The van der Waals surface area contributed by atoms with Crippen LogP contribution in [-0.2, 0) is 5.60 Å². The molecule has 1 N–H and O–H groups in total. The Morgan fingerprint density at radius 2 is 1.69 bits per heavy atom. The van der Waals surface area contributed by atoms with E-state index in [1.807, 2.05) is 85.8 Å². The third kappa shape index (κ3) is 4.94. The Labute approximate surface area is 237 Å². The quantitative estimate of drug-likeness (QED) is 0.188. The van der Waals surface area contributed by atoms with Crippen LogP contribution in [0.25, 0.3) is 21.7 Å². The normalized spacial score (nSPS) is 14.4. The van der Waals surface area contributed by atoms with Crippen LogP contribution in [0.4, 0.5) is 0 Å². The molecule has 5 aromatic rings. The van der Waals surface area contributed by atoms with Crippen molar-refractivity contribution in [3.63, 3.8) is 0 Å². The van der Waals surface area contributed by atoms with Gasteiger partial charge < -0.3 is 9.84 Å². The molecule has 5 rings (SSSR count). The first-order valence-corrected chi connectivity index (χ1v) is 13.7. The maximum absolute atomic E-state index is 13.3. The standard InChI is InChI=1S/C35H30BrNO2/c1-4-6-17-27(5-2)35(38,31-19-12-16-24-13-10-11-18-29(24)31)33(25-14-8-7-9-15-25)30-23-26-22-28(36)20-21-32(26)37-34(30)39-3/h4-23,33,38H,1H2,2-3H3/b17-6-,27-5+. The van der Waals surface area contributed by atoms with Gasteiger partial charge in [0.25, 0.3) is 0 Å². The van der Waals surface area contributed by atoms with Crippen LogP contribution < -0.4 is 4.74 Å². The van der Waals surface area contributed by atoms with Gasteiger partial charge in [0.1, 0.15) is 5.60 Å². The number of rotatable bonds is 8. The van der Waals surface area contributed by atoms with E-state index in [4.69, 9.17) is 9.72 Å². The van der Waals surface area contributed by atoms with Crippen LogP contribution in [0, 0.1) is 0 Å². The van der Waals surface area contributed by atoms with Gasteiger partial charge in [-0.3, -0.25) is 0 Å². The van der Waals surface area contributed by atoms with Crippen molar-refractivity contribution >= 4 is 37.6 Å².